The summed E-state index contributed by atoms with van der Waals surface area (Å²) in [6.45, 7) is 1.52. The number of benzene rings is 1. The predicted molar refractivity (Wildman–Crippen MR) is 68.4 cm³/mol. The van der Waals surface area contributed by atoms with Crippen LogP contribution in [0.15, 0.2) is 23.2 Å². The minimum Gasteiger partial charge on any atom is -0.326 e. The first-order valence-corrected chi connectivity index (χ1v) is 7.06. The van der Waals surface area contributed by atoms with E-state index in [2.05, 4.69) is 10.2 Å². The van der Waals surface area contributed by atoms with E-state index in [4.69, 9.17) is 5.73 Å². The molecule has 1 aromatic heterocycles. The zero-order chi connectivity index (χ0) is 14.9. The molecule has 0 aliphatic rings. The van der Waals surface area contributed by atoms with Crippen LogP contribution in [0.25, 0.3) is 0 Å². The van der Waals surface area contributed by atoms with Gasteiger partial charge in [0.05, 0.1) is 0 Å². The lowest BCUT2D eigenvalue weighted by molar-refractivity contribution is 0.580. The van der Waals surface area contributed by atoms with Gasteiger partial charge in [-0.2, -0.15) is 13.5 Å². The van der Waals surface area contributed by atoms with Gasteiger partial charge in [0.1, 0.15) is 17.3 Å². The van der Waals surface area contributed by atoms with Gasteiger partial charge in [-0.25, -0.2) is 8.78 Å². The highest BCUT2D eigenvalue weighted by Gasteiger charge is 2.25. The molecule has 0 radical (unpaired) electrons. The first-order chi connectivity index (χ1) is 9.36. The number of para-hydroxylation sites is 1. The number of halogens is 2. The zero-order valence-corrected chi connectivity index (χ0v) is 11.3. The largest absolute Gasteiger partial charge is 0.326 e. The molecule has 0 fully saturated rings. The minimum absolute atomic E-state index is 0.0711. The quantitative estimate of drug-likeness (QED) is 0.791. The van der Waals surface area contributed by atoms with Crippen LogP contribution in [0.1, 0.15) is 11.3 Å². The Hall–Kier alpha value is -2.00. The standard InChI is InChI=1S/C11H12F2N4O2S/c1-6-7(5-14)11(16-15-6)20(18,19)17-10-8(12)3-2-4-9(10)13/h2-4,17H,5,14H2,1H3,(H,15,16). The van der Waals surface area contributed by atoms with E-state index in [0.29, 0.717) is 5.69 Å². The number of hydrogen-bond donors (Lipinski definition) is 3. The Morgan fingerprint density at radius 1 is 1.35 bits per heavy atom. The first-order valence-electron chi connectivity index (χ1n) is 5.57. The zero-order valence-electron chi connectivity index (χ0n) is 10.4. The number of nitrogens with zero attached hydrogens (tertiary/aromatic N) is 1. The highest BCUT2D eigenvalue weighted by molar-refractivity contribution is 7.92. The van der Waals surface area contributed by atoms with Crippen molar-refractivity contribution in [2.75, 3.05) is 4.72 Å². The van der Waals surface area contributed by atoms with E-state index >= 15 is 0 Å². The number of hydrogen-bond acceptors (Lipinski definition) is 4. The Balaban J connectivity index is 2.46. The molecule has 0 unspecified atom stereocenters. The molecular weight excluding hydrogens is 290 g/mol. The number of aryl methyl sites for hydroxylation is 1. The number of rotatable bonds is 4. The van der Waals surface area contributed by atoms with Crippen molar-refractivity contribution >= 4 is 15.7 Å². The van der Waals surface area contributed by atoms with Crippen LogP contribution in [0, 0.1) is 18.6 Å². The van der Waals surface area contributed by atoms with Crippen LogP contribution in [-0.4, -0.2) is 18.6 Å². The van der Waals surface area contributed by atoms with Gasteiger partial charge in [0.2, 0.25) is 5.03 Å². The third kappa shape index (κ3) is 2.49. The molecule has 108 valence electrons. The number of aromatic amines is 1. The molecule has 9 heteroatoms. The van der Waals surface area contributed by atoms with Gasteiger partial charge in [0, 0.05) is 17.8 Å². The van der Waals surface area contributed by atoms with Crippen LogP contribution >= 0.6 is 0 Å². The summed E-state index contributed by atoms with van der Waals surface area (Å²) in [6.07, 6.45) is 0. The summed E-state index contributed by atoms with van der Waals surface area (Å²) in [7, 11) is -4.23. The monoisotopic (exact) mass is 302 g/mol. The van der Waals surface area contributed by atoms with E-state index < -0.39 is 27.3 Å². The molecule has 4 N–H and O–H groups in total. The fourth-order valence-corrected chi connectivity index (χ4v) is 2.96. The summed E-state index contributed by atoms with van der Waals surface area (Å²) >= 11 is 0. The highest BCUT2D eigenvalue weighted by atomic mass is 32.2. The van der Waals surface area contributed by atoms with Crippen molar-refractivity contribution in [3.63, 3.8) is 0 Å². The molecule has 20 heavy (non-hydrogen) atoms. The van der Waals surface area contributed by atoms with E-state index in [1.807, 2.05) is 4.72 Å². The summed E-state index contributed by atoms with van der Waals surface area (Å²) in [4.78, 5) is 0. The molecule has 1 heterocycles. The van der Waals surface area contributed by atoms with Gasteiger partial charge in [0.25, 0.3) is 10.0 Å². The minimum atomic E-state index is -4.23. The maximum Gasteiger partial charge on any atom is 0.281 e. The first kappa shape index (κ1) is 14.4. The van der Waals surface area contributed by atoms with E-state index in [1.54, 1.807) is 6.92 Å². The normalized spacial score (nSPS) is 11.6. The topological polar surface area (TPSA) is 101 Å². The number of nitrogens with one attached hydrogen (secondary N) is 2. The second-order valence-corrected chi connectivity index (χ2v) is 5.64. The average Bonchev–Trinajstić information content (AvgIpc) is 2.76. The summed E-state index contributed by atoms with van der Waals surface area (Å²) < 4.78 is 53.0. The van der Waals surface area contributed by atoms with Crippen molar-refractivity contribution in [3.8, 4) is 0 Å². The summed E-state index contributed by atoms with van der Waals surface area (Å²) in [5.74, 6) is -2.04. The van der Waals surface area contributed by atoms with Gasteiger partial charge in [-0.1, -0.05) is 6.07 Å². The second-order valence-electron chi connectivity index (χ2n) is 4.04. The van der Waals surface area contributed by atoms with E-state index in [-0.39, 0.29) is 17.1 Å². The molecule has 0 amide bonds. The number of aromatic nitrogens is 2. The Bertz CT molecular complexity index is 723. The lowest BCUT2D eigenvalue weighted by Gasteiger charge is -2.09. The number of H-pyrrole nitrogens is 1. The van der Waals surface area contributed by atoms with Crippen LogP contribution in [0.3, 0.4) is 0 Å². The molecule has 1 aromatic carbocycles. The maximum atomic E-state index is 13.5. The van der Waals surface area contributed by atoms with Gasteiger partial charge in [-0.3, -0.25) is 9.82 Å². The molecule has 0 aliphatic carbocycles. The van der Waals surface area contributed by atoms with Crippen LogP contribution in [-0.2, 0) is 16.6 Å². The molecular formula is C11H12F2N4O2S. The maximum absolute atomic E-state index is 13.5. The van der Waals surface area contributed by atoms with Crippen molar-refractivity contribution in [1.29, 1.82) is 0 Å². The van der Waals surface area contributed by atoms with Crippen molar-refractivity contribution in [3.05, 3.63) is 41.1 Å². The van der Waals surface area contributed by atoms with Crippen molar-refractivity contribution in [1.82, 2.24) is 10.2 Å². The lowest BCUT2D eigenvalue weighted by atomic mass is 10.3. The fraction of sp³-hybridized carbons (Fsp3) is 0.182. The van der Waals surface area contributed by atoms with Gasteiger partial charge >= 0.3 is 0 Å². The van der Waals surface area contributed by atoms with E-state index in [0.717, 1.165) is 18.2 Å². The number of anilines is 1. The van der Waals surface area contributed by atoms with Gasteiger partial charge < -0.3 is 5.73 Å². The van der Waals surface area contributed by atoms with Crippen molar-refractivity contribution in [2.24, 2.45) is 5.73 Å². The Morgan fingerprint density at radius 3 is 2.50 bits per heavy atom. The third-order valence-electron chi connectivity index (χ3n) is 2.69. The van der Waals surface area contributed by atoms with E-state index in [1.165, 1.54) is 0 Å². The van der Waals surface area contributed by atoms with Crippen LogP contribution in [0.2, 0.25) is 0 Å². The summed E-state index contributed by atoms with van der Waals surface area (Å²) in [5, 5.41) is 5.71. The number of nitrogens with two attached hydrogens (primary N) is 1. The molecule has 0 spiro atoms. The van der Waals surface area contributed by atoms with Crippen molar-refractivity contribution < 1.29 is 17.2 Å². The molecule has 0 aliphatic heterocycles. The van der Waals surface area contributed by atoms with Crippen molar-refractivity contribution in [2.45, 2.75) is 18.5 Å². The molecule has 0 saturated heterocycles. The van der Waals surface area contributed by atoms with Crippen LogP contribution < -0.4 is 10.5 Å². The SMILES string of the molecule is Cc1[nH]nc(S(=O)(=O)Nc2c(F)cccc2F)c1CN. The Morgan fingerprint density at radius 2 is 1.95 bits per heavy atom. The predicted octanol–water partition coefficient (Wildman–Crippen LogP) is 1.26. The highest BCUT2D eigenvalue weighted by Crippen LogP contribution is 2.23. The van der Waals surface area contributed by atoms with Gasteiger partial charge in [-0.05, 0) is 19.1 Å². The lowest BCUT2D eigenvalue weighted by Crippen LogP contribution is -2.18. The second kappa shape index (κ2) is 5.17. The van der Waals surface area contributed by atoms with Gasteiger partial charge in [0.15, 0.2) is 0 Å². The molecule has 6 nitrogen and oxygen atoms in total. The van der Waals surface area contributed by atoms with Gasteiger partial charge in [-0.15, -0.1) is 0 Å². The van der Waals surface area contributed by atoms with Crippen LogP contribution in [0.5, 0.6) is 0 Å². The summed E-state index contributed by atoms with van der Waals surface area (Å²) in [6, 6.07) is 3.02. The Labute approximate surface area is 114 Å². The smallest absolute Gasteiger partial charge is 0.281 e. The molecule has 2 rings (SSSR count). The fourth-order valence-electron chi connectivity index (χ4n) is 1.67. The molecule has 0 atom stereocenters. The third-order valence-corrected chi connectivity index (χ3v) is 4.01. The molecule has 2 aromatic rings. The van der Waals surface area contributed by atoms with Crippen LogP contribution in [0.4, 0.5) is 14.5 Å². The van der Waals surface area contributed by atoms with E-state index in [9.17, 15) is 17.2 Å². The molecule has 0 bridgehead atoms. The Kier molecular flexibility index (Phi) is 3.73. The molecule has 0 saturated carbocycles. The summed E-state index contributed by atoms with van der Waals surface area (Å²) in [5.41, 5.74) is 5.42. The number of sulfonamides is 1. The average molecular weight is 302 g/mol.